The number of carbonyl (C=O) groups is 2. The molecule has 6 aromatic carbocycles. The number of halogens is 4. The number of carbonyl (C=O) groups excluding carboxylic acids is 2. The molecule has 0 aliphatic carbocycles. The van der Waals surface area contributed by atoms with Gasteiger partial charge in [-0.15, -0.1) is 23.2 Å². The Bertz CT molecular complexity index is 2330. The third kappa shape index (κ3) is 25.9. The van der Waals surface area contributed by atoms with Crippen LogP contribution in [-0.2, 0) is 28.7 Å². The number of hydrogen-bond acceptors (Lipinski definition) is 4. The summed E-state index contributed by atoms with van der Waals surface area (Å²) in [5.74, 6) is 4.42. The molecule has 2 saturated heterocycles. The van der Waals surface area contributed by atoms with Gasteiger partial charge in [0.2, 0.25) is 0 Å². The predicted molar refractivity (Wildman–Crippen MR) is 330 cm³/mol. The van der Waals surface area contributed by atoms with E-state index < -0.39 is 0 Å². The zero-order valence-electron chi connectivity index (χ0n) is 47.0. The van der Waals surface area contributed by atoms with Crippen molar-refractivity contribution in [2.24, 2.45) is 0 Å². The van der Waals surface area contributed by atoms with Crippen LogP contribution in [0.25, 0.3) is 0 Å². The number of benzene rings is 6. The van der Waals surface area contributed by atoms with Crippen molar-refractivity contribution in [1.29, 1.82) is 0 Å². The van der Waals surface area contributed by atoms with Crippen molar-refractivity contribution >= 4 is 66.6 Å². The molecule has 75 heavy (non-hydrogen) atoms. The molecule has 4 nitrogen and oxygen atoms in total. The highest BCUT2D eigenvalue weighted by atomic mass is 79.9. The van der Waals surface area contributed by atoms with Gasteiger partial charge in [0.25, 0.3) is 0 Å². The number of epoxide rings is 2. The van der Waals surface area contributed by atoms with Crippen LogP contribution in [0.1, 0.15) is 201 Å². The van der Waals surface area contributed by atoms with Crippen molar-refractivity contribution < 1.29 is 19.1 Å². The summed E-state index contributed by atoms with van der Waals surface area (Å²) in [4.78, 5) is 22.4. The number of Topliss-reactive ketones (excluding diaryl/α,β-unsaturated/α-hetero) is 2. The molecule has 2 heterocycles. The summed E-state index contributed by atoms with van der Waals surface area (Å²) in [6, 6.07) is 50.6. The number of alkyl halides is 4. The third-order valence-corrected chi connectivity index (χ3v) is 14.3. The first-order valence-electron chi connectivity index (χ1n) is 26.9. The Hall–Kier alpha value is -3.88. The Labute approximate surface area is 480 Å². The van der Waals surface area contributed by atoms with Crippen molar-refractivity contribution in [3.63, 3.8) is 0 Å². The highest BCUT2D eigenvalue weighted by molar-refractivity contribution is 9.09. The lowest BCUT2D eigenvalue weighted by molar-refractivity contribution is 0.101. The second-order valence-electron chi connectivity index (χ2n) is 21.0. The van der Waals surface area contributed by atoms with Crippen molar-refractivity contribution in [3.05, 3.63) is 212 Å². The van der Waals surface area contributed by atoms with Gasteiger partial charge in [0.1, 0.15) is 6.10 Å². The van der Waals surface area contributed by atoms with E-state index in [1.165, 1.54) is 55.6 Å². The lowest BCUT2D eigenvalue weighted by Crippen LogP contribution is -2.00. The van der Waals surface area contributed by atoms with Crippen LogP contribution >= 0.6 is 55.1 Å². The van der Waals surface area contributed by atoms with Gasteiger partial charge >= 0.3 is 0 Å². The summed E-state index contributed by atoms with van der Waals surface area (Å²) in [5, 5.41) is 1.45. The molecule has 8 heteroatoms. The average molecular weight is 1190 g/mol. The van der Waals surface area contributed by atoms with E-state index >= 15 is 0 Å². The zero-order valence-corrected chi connectivity index (χ0v) is 51.7. The maximum atomic E-state index is 11.2. The molecule has 0 N–H and O–H groups in total. The number of ketones is 2. The fourth-order valence-electron chi connectivity index (χ4n) is 7.44. The molecule has 0 saturated carbocycles. The smallest absolute Gasteiger partial charge is 0.177 e. The van der Waals surface area contributed by atoms with Crippen molar-refractivity contribution in [2.45, 2.75) is 150 Å². The molecule has 2 unspecified atom stereocenters. The van der Waals surface area contributed by atoms with Crippen molar-refractivity contribution in [3.8, 4) is 0 Å². The highest BCUT2D eigenvalue weighted by Crippen LogP contribution is 2.30. The van der Waals surface area contributed by atoms with Gasteiger partial charge in [0, 0.05) is 28.8 Å². The molecule has 0 radical (unpaired) electrons. The van der Waals surface area contributed by atoms with E-state index in [0.717, 1.165) is 43.4 Å². The van der Waals surface area contributed by atoms with E-state index in [4.69, 9.17) is 32.7 Å². The molecular formula is C67H86Br2Cl2O4. The highest BCUT2D eigenvalue weighted by Gasteiger charge is 2.24. The molecule has 2 aliphatic rings. The van der Waals surface area contributed by atoms with E-state index in [0.29, 0.717) is 64.5 Å². The molecule has 2 atom stereocenters. The maximum Gasteiger partial charge on any atom is 0.177 e. The molecule has 0 bridgehead atoms. The van der Waals surface area contributed by atoms with Crippen LogP contribution in [0, 0.1) is 0 Å². The lowest BCUT2D eigenvalue weighted by Gasteiger charge is -2.05. The van der Waals surface area contributed by atoms with Crippen molar-refractivity contribution in [2.75, 3.05) is 35.6 Å². The molecular weight excluding hydrogens is 1100 g/mol. The number of aryl methyl sites for hydroxylation is 2. The summed E-state index contributed by atoms with van der Waals surface area (Å²) in [6.45, 7) is 28.1. The minimum atomic E-state index is -0.0167. The molecule has 0 amide bonds. The Morgan fingerprint density at radius 1 is 0.440 bits per heavy atom. The van der Waals surface area contributed by atoms with Gasteiger partial charge in [0.05, 0.1) is 30.5 Å². The second kappa shape index (κ2) is 35.5. The Balaban J connectivity index is 0.000000237. The largest absolute Gasteiger partial charge is 0.373 e. The first kappa shape index (κ1) is 65.4. The Morgan fingerprint density at radius 3 is 1.03 bits per heavy atom. The Morgan fingerprint density at radius 2 is 0.747 bits per heavy atom. The quantitative estimate of drug-likeness (QED) is 0.0519. The van der Waals surface area contributed by atoms with E-state index in [9.17, 15) is 9.59 Å². The van der Waals surface area contributed by atoms with Crippen LogP contribution < -0.4 is 0 Å². The molecule has 2 aliphatic heterocycles. The summed E-state index contributed by atoms with van der Waals surface area (Å²) < 4.78 is 10.4. The average Bonchev–Trinajstić information content (AvgIpc) is 4.37. The monoisotopic (exact) mass is 1180 g/mol. The van der Waals surface area contributed by atoms with Crippen LogP contribution in [0.15, 0.2) is 146 Å². The van der Waals surface area contributed by atoms with Crippen LogP contribution in [-0.4, -0.2) is 53.3 Å². The van der Waals surface area contributed by atoms with E-state index in [1.54, 1.807) is 0 Å². The summed E-state index contributed by atoms with van der Waals surface area (Å²) in [5.41, 5.74) is 15.1. The number of hydrogen-bond donors (Lipinski definition) is 0. The van der Waals surface area contributed by atoms with E-state index in [2.05, 4.69) is 212 Å². The zero-order chi connectivity index (χ0) is 55.5. The molecule has 0 spiro atoms. The first-order valence-corrected chi connectivity index (χ1v) is 30.2. The summed E-state index contributed by atoms with van der Waals surface area (Å²) >= 11 is 17.7. The fraction of sp³-hybridized carbons (Fsp3) is 0.433. The van der Waals surface area contributed by atoms with Crippen LogP contribution in [0.2, 0.25) is 0 Å². The predicted octanol–water partition coefficient (Wildman–Crippen LogP) is 19.6. The van der Waals surface area contributed by atoms with Gasteiger partial charge in [-0.05, 0) is 104 Å². The molecule has 2 fully saturated rings. The Kier molecular flexibility index (Phi) is 31.0. The molecule has 0 aromatic heterocycles. The minimum absolute atomic E-state index is 0.0167. The van der Waals surface area contributed by atoms with Crippen molar-refractivity contribution in [1.82, 2.24) is 0 Å². The van der Waals surface area contributed by atoms with E-state index in [1.807, 2.05) is 48.5 Å². The first-order chi connectivity index (χ1) is 35.8. The number of ether oxygens (including phenoxy) is 2. The fourth-order valence-corrected chi connectivity index (χ4v) is 8.60. The van der Waals surface area contributed by atoms with Gasteiger partial charge in [-0.2, -0.15) is 0 Å². The number of rotatable bonds is 17. The van der Waals surface area contributed by atoms with Crippen LogP contribution in [0.4, 0.5) is 0 Å². The standard InChI is InChI=1S/C12H16O.C11H13BrO.C11H15Br.C11H13ClO.C11H15Cl.C11H14O/c1-9(2)11-5-3-10(4-6-11)7-12-8-13-12;1-8(2)9-3-5-10(6-4-9)11(13)7-12;1-9(2)11-5-3-10(4-6-11)7-8-12;1-8(2)9-3-5-10(6-4-9)11(13)7-12;1-9(2)11-5-3-10(4-6-11)7-8-12;1-8(2)9-3-5-10(6-4-9)11-7-12-11/h3-6,9,12H,7-8H2,1-2H3;3-6,8H,7H2,1-2H3;3-6,9H,7-8H2,1-2H3;3-6,8H,7H2,1-2H3;3-6,9H,7-8H2,1-2H3;3-6,8,11H,7H2,1-2H3. The second-order valence-corrected chi connectivity index (χ2v) is 23.0. The minimum Gasteiger partial charge on any atom is -0.373 e. The maximum absolute atomic E-state index is 11.2. The third-order valence-electron chi connectivity index (χ3n) is 12.9. The van der Waals surface area contributed by atoms with Gasteiger partial charge in [-0.25, -0.2) is 0 Å². The van der Waals surface area contributed by atoms with E-state index in [-0.39, 0.29) is 17.4 Å². The van der Waals surface area contributed by atoms with Gasteiger partial charge < -0.3 is 9.47 Å². The van der Waals surface area contributed by atoms with Gasteiger partial charge in [-0.1, -0.05) is 261 Å². The lowest BCUT2D eigenvalue weighted by atomic mass is 10.0. The summed E-state index contributed by atoms with van der Waals surface area (Å²) in [7, 11) is 0. The van der Waals surface area contributed by atoms with Gasteiger partial charge in [-0.3, -0.25) is 9.59 Å². The van der Waals surface area contributed by atoms with Gasteiger partial charge in [0.15, 0.2) is 11.6 Å². The normalized spacial score (nSPS) is 14.1. The summed E-state index contributed by atoms with van der Waals surface area (Å²) in [6.07, 6.45) is 4.08. The topological polar surface area (TPSA) is 59.2 Å². The SMILES string of the molecule is CC(C)c1ccc(C(=O)CBr)cc1.CC(C)c1ccc(C(=O)CCl)cc1.CC(C)c1ccc(C2CO2)cc1.CC(C)c1ccc(CC2CO2)cc1.CC(C)c1ccc(CCBr)cc1.CC(C)c1ccc(CCCl)cc1. The van der Waals surface area contributed by atoms with Crippen LogP contribution in [0.5, 0.6) is 0 Å². The molecule has 406 valence electrons. The molecule has 6 aromatic rings. The van der Waals surface area contributed by atoms with Crippen LogP contribution in [0.3, 0.4) is 0 Å². The molecule has 8 rings (SSSR count).